The first kappa shape index (κ1) is 13.5. The summed E-state index contributed by atoms with van der Waals surface area (Å²) in [6, 6.07) is 0.0968. The van der Waals surface area contributed by atoms with Gasteiger partial charge >= 0.3 is 5.97 Å². The number of carbonyl (C=O) groups is 2. The van der Waals surface area contributed by atoms with Gasteiger partial charge in [0.2, 0.25) is 5.91 Å². The van der Waals surface area contributed by atoms with Gasteiger partial charge in [0.05, 0.1) is 18.8 Å². The number of amides is 1. The molecule has 104 valence electrons. The zero-order valence-electron chi connectivity index (χ0n) is 10.7. The molecule has 0 spiro atoms. The third kappa shape index (κ3) is 3.28. The Morgan fingerprint density at radius 3 is 2.84 bits per heavy atom. The largest absolute Gasteiger partial charge is 0.476 e. The molecule has 8 heteroatoms. The SMILES string of the molecule is CCCNC(=O)CN1CC(n2cc(C(=O)O)nn2)C1. The van der Waals surface area contributed by atoms with Crippen LogP contribution in [0.5, 0.6) is 0 Å². The summed E-state index contributed by atoms with van der Waals surface area (Å²) in [5, 5.41) is 18.9. The minimum absolute atomic E-state index is 0.0186. The van der Waals surface area contributed by atoms with E-state index >= 15 is 0 Å². The summed E-state index contributed by atoms with van der Waals surface area (Å²) < 4.78 is 1.55. The molecule has 2 heterocycles. The number of carbonyl (C=O) groups excluding carboxylic acids is 1. The summed E-state index contributed by atoms with van der Waals surface area (Å²) >= 11 is 0. The molecule has 1 aliphatic heterocycles. The number of hydrogen-bond acceptors (Lipinski definition) is 5. The monoisotopic (exact) mass is 267 g/mol. The number of aromatic carboxylic acids is 1. The van der Waals surface area contributed by atoms with Crippen molar-refractivity contribution in [1.82, 2.24) is 25.2 Å². The fraction of sp³-hybridized carbons (Fsp3) is 0.636. The lowest BCUT2D eigenvalue weighted by molar-refractivity contribution is -0.123. The van der Waals surface area contributed by atoms with Crippen LogP contribution < -0.4 is 5.32 Å². The van der Waals surface area contributed by atoms with Crippen LogP contribution >= 0.6 is 0 Å². The second-order valence-electron chi connectivity index (χ2n) is 4.59. The molecule has 0 bridgehead atoms. The van der Waals surface area contributed by atoms with Gasteiger partial charge < -0.3 is 10.4 Å². The number of carboxylic acid groups (broad SMARTS) is 1. The van der Waals surface area contributed by atoms with Crippen molar-refractivity contribution in [2.45, 2.75) is 19.4 Å². The molecule has 2 N–H and O–H groups in total. The number of aromatic nitrogens is 3. The maximum absolute atomic E-state index is 11.5. The highest BCUT2D eigenvalue weighted by molar-refractivity contribution is 5.84. The Bertz CT molecular complexity index is 467. The number of nitrogens with one attached hydrogen (secondary N) is 1. The minimum Gasteiger partial charge on any atom is -0.476 e. The highest BCUT2D eigenvalue weighted by atomic mass is 16.4. The summed E-state index contributed by atoms with van der Waals surface area (Å²) in [6.07, 6.45) is 2.34. The van der Waals surface area contributed by atoms with Crippen molar-refractivity contribution in [2.24, 2.45) is 0 Å². The fourth-order valence-electron chi connectivity index (χ4n) is 1.92. The first-order valence-corrected chi connectivity index (χ1v) is 6.24. The van der Waals surface area contributed by atoms with Crippen molar-refractivity contribution in [3.05, 3.63) is 11.9 Å². The van der Waals surface area contributed by atoms with E-state index in [-0.39, 0.29) is 17.6 Å². The highest BCUT2D eigenvalue weighted by Crippen LogP contribution is 2.19. The first-order chi connectivity index (χ1) is 9.10. The van der Waals surface area contributed by atoms with Crippen LogP contribution in [0.1, 0.15) is 29.9 Å². The number of carboxylic acids is 1. The van der Waals surface area contributed by atoms with Gasteiger partial charge in [-0.3, -0.25) is 9.69 Å². The number of hydrogen-bond donors (Lipinski definition) is 2. The van der Waals surface area contributed by atoms with Crippen LogP contribution in [-0.4, -0.2) is 63.1 Å². The normalized spacial score (nSPS) is 16.1. The molecule has 1 aromatic rings. The molecule has 1 saturated heterocycles. The van der Waals surface area contributed by atoms with Gasteiger partial charge in [-0.15, -0.1) is 5.10 Å². The van der Waals surface area contributed by atoms with Crippen molar-refractivity contribution in [3.8, 4) is 0 Å². The van der Waals surface area contributed by atoms with E-state index in [0.717, 1.165) is 6.42 Å². The number of nitrogens with zero attached hydrogens (tertiary/aromatic N) is 4. The highest BCUT2D eigenvalue weighted by Gasteiger charge is 2.30. The minimum atomic E-state index is -1.08. The van der Waals surface area contributed by atoms with Crippen LogP contribution in [0.15, 0.2) is 6.20 Å². The van der Waals surface area contributed by atoms with E-state index < -0.39 is 5.97 Å². The van der Waals surface area contributed by atoms with Gasteiger partial charge in [-0.05, 0) is 6.42 Å². The van der Waals surface area contributed by atoms with Crippen molar-refractivity contribution in [3.63, 3.8) is 0 Å². The Morgan fingerprint density at radius 2 is 2.26 bits per heavy atom. The Kier molecular flexibility index (Phi) is 4.10. The van der Waals surface area contributed by atoms with E-state index in [0.29, 0.717) is 26.2 Å². The lowest BCUT2D eigenvalue weighted by Crippen LogP contribution is -2.51. The first-order valence-electron chi connectivity index (χ1n) is 6.24. The molecule has 0 radical (unpaired) electrons. The lowest BCUT2D eigenvalue weighted by atomic mass is 10.1. The molecule has 19 heavy (non-hydrogen) atoms. The van der Waals surface area contributed by atoms with Crippen LogP contribution in [0.2, 0.25) is 0 Å². The molecule has 2 rings (SSSR count). The van der Waals surface area contributed by atoms with Crippen molar-refractivity contribution in [1.29, 1.82) is 0 Å². The Balaban J connectivity index is 1.76. The summed E-state index contributed by atoms with van der Waals surface area (Å²) in [5.41, 5.74) is -0.0564. The third-order valence-electron chi connectivity index (χ3n) is 2.98. The zero-order chi connectivity index (χ0) is 13.8. The van der Waals surface area contributed by atoms with Crippen molar-refractivity contribution < 1.29 is 14.7 Å². The smallest absolute Gasteiger partial charge is 0.358 e. The molecule has 0 unspecified atom stereocenters. The molecule has 1 aromatic heterocycles. The molecule has 0 aromatic carbocycles. The molecule has 0 atom stereocenters. The van der Waals surface area contributed by atoms with E-state index in [1.54, 1.807) is 4.68 Å². The van der Waals surface area contributed by atoms with Crippen LogP contribution in [0.3, 0.4) is 0 Å². The molecule has 1 fully saturated rings. The summed E-state index contributed by atoms with van der Waals surface area (Å²) in [5.74, 6) is -1.06. The Morgan fingerprint density at radius 1 is 1.53 bits per heavy atom. The maximum Gasteiger partial charge on any atom is 0.358 e. The van der Waals surface area contributed by atoms with Crippen LogP contribution in [0, 0.1) is 0 Å². The Labute approximate surface area is 110 Å². The van der Waals surface area contributed by atoms with Gasteiger partial charge in [0.1, 0.15) is 0 Å². The molecule has 1 aliphatic rings. The molecular weight excluding hydrogens is 250 g/mol. The third-order valence-corrected chi connectivity index (χ3v) is 2.98. The van der Waals surface area contributed by atoms with Gasteiger partial charge in [-0.2, -0.15) is 0 Å². The summed E-state index contributed by atoms with van der Waals surface area (Å²) in [7, 11) is 0. The van der Waals surface area contributed by atoms with E-state index in [1.165, 1.54) is 6.20 Å². The fourth-order valence-corrected chi connectivity index (χ4v) is 1.92. The predicted octanol–water partition coefficient (Wildman–Crippen LogP) is -0.641. The van der Waals surface area contributed by atoms with Gasteiger partial charge in [0.15, 0.2) is 5.69 Å². The van der Waals surface area contributed by atoms with E-state index in [1.807, 2.05) is 11.8 Å². The van der Waals surface area contributed by atoms with Gasteiger partial charge in [-0.25, -0.2) is 9.48 Å². The topological polar surface area (TPSA) is 100 Å². The van der Waals surface area contributed by atoms with Gasteiger partial charge in [-0.1, -0.05) is 12.1 Å². The summed E-state index contributed by atoms with van der Waals surface area (Å²) in [4.78, 5) is 24.1. The summed E-state index contributed by atoms with van der Waals surface area (Å²) in [6.45, 7) is 4.44. The molecule has 0 saturated carbocycles. The maximum atomic E-state index is 11.5. The lowest BCUT2D eigenvalue weighted by Gasteiger charge is -2.38. The zero-order valence-corrected chi connectivity index (χ0v) is 10.7. The standard InChI is InChI=1S/C11H17N5O3/c1-2-3-12-10(17)7-15-4-8(5-15)16-6-9(11(18)19)13-14-16/h6,8H,2-5,7H2,1H3,(H,12,17)(H,18,19). The second-order valence-corrected chi connectivity index (χ2v) is 4.59. The van der Waals surface area contributed by atoms with Crippen LogP contribution in [0.25, 0.3) is 0 Å². The van der Waals surface area contributed by atoms with E-state index in [9.17, 15) is 9.59 Å². The number of rotatable bonds is 6. The van der Waals surface area contributed by atoms with Crippen LogP contribution in [0.4, 0.5) is 0 Å². The molecule has 0 aliphatic carbocycles. The van der Waals surface area contributed by atoms with Crippen LogP contribution in [-0.2, 0) is 4.79 Å². The second kappa shape index (κ2) is 5.79. The average Bonchev–Trinajstić information content (AvgIpc) is 2.79. The van der Waals surface area contributed by atoms with Gasteiger partial charge in [0, 0.05) is 19.6 Å². The predicted molar refractivity (Wildman–Crippen MR) is 65.8 cm³/mol. The van der Waals surface area contributed by atoms with E-state index in [4.69, 9.17) is 5.11 Å². The van der Waals surface area contributed by atoms with Crippen molar-refractivity contribution >= 4 is 11.9 Å². The average molecular weight is 267 g/mol. The molecule has 8 nitrogen and oxygen atoms in total. The Hall–Kier alpha value is -1.96. The van der Waals surface area contributed by atoms with Crippen molar-refractivity contribution in [2.75, 3.05) is 26.2 Å². The van der Waals surface area contributed by atoms with E-state index in [2.05, 4.69) is 15.6 Å². The molecule has 1 amide bonds. The van der Waals surface area contributed by atoms with Gasteiger partial charge in [0.25, 0.3) is 0 Å². The quantitative estimate of drug-likeness (QED) is 0.711. The number of likely N-dealkylation sites (tertiary alicyclic amines) is 1. The molecular formula is C11H17N5O3.